The molecule has 1 amide bonds. The van der Waals surface area contributed by atoms with Gasteiger partial charge in [-0.2, -0.15) is 0 Å². The Kier molecular flexibility index (Phi) is 3.81. The molecule has 2 heterocycles. The maximum absolute atomic E-state index is 12.3. The highest BCUT2D eigenvalue weighted by molar-refractivity contribution is 9.10. The number of nitrogens with one attached hydrogen (secondary N) is 2. The van der Waals surface area contributed by atoms with Gasteiger partial charge in [0, 0.05) is 15.9 Å². The minimum absolute atomic E-state index is 0.129. The second kappa shape index (κ2) is 5.58. The topological polar surface area (TPSA) is 54.3 Å². The zero-order chi connectivity index (χ0) is 14.1. The molecule has 0 aliphatic carbocycles. The molecule has 106 valence electrons. The molecule has 1 saturated heterocycles. The minimum Gasteiger partial charge on any atom is -0.451 e. The third-order valence-corrected chi connectivity index (χ3v) is 4.30. The van der Waals surface area contributed by atoms with Crippen molar-refractivity contribution < 1.29 is 9.21 Å². The third-order valence-electron chi connectivity index (χ3n) is 3.80. The molecule has 1 fully saturated rings. The molecular weight excluding hydrogens is 320 g/mol. The summed E-state index contributed by atoms with van der Waals surface area (Å²) in [5, 5.41) is 7.33. The monoisotopic (exact) mass is 336 g/mol. The van der Waals surface area contributed by atoms with Gasteiger partial charge in [-0.15, -0.1) is 0 Å². The van der Waals surface area contributed by atoms with Crippen LogP contribution in [0.25, 0.3) is 11.0 Å². The Hall–Kier alpha value is -1.33. The van der Waals surface area contributed by atoms with E-state index in [2.05, 4.69) is 33.5 Å². The Labute approximate surface area is 126 Å². The number of hydrogen-bond acceptors (Lipinski definition) is 3. The van der Waals surface area contributed by atoms with E-state index in [0.29, 0.717) is 11.7 Å². The van der Waals surface area contributed by atoms with Crippen LogP contribution in [0.15, 0.2) is 33.2 Å². The second-order valence-corrected chi connectivity index (χ2v) is 6.26. The Bertz CT molecular complexity index is 638. The number of rotatable bonds is 2. The van der Waals surface area contributed by atoms with E-state index in [9.17, 15) is 4.79 Å². The van der Waals surface area contributed by atoms with Gasteiger partial charge >= 0.3 is 0 Å². The van der Waals surface area contributed by atoms with Crippen molar-refractivity contribution in [3.05, 3.63) is 34.5 Å². The molecule has 2 aromatic rings. The molecule has 1 aromatic carbocycles. The summed E-state index contributed by atoms with van der Waals surface area (Å²) in [6.07, 6.45) is 0.957. The summed E-state index contributed by atoms with van der Waals surface area (Å²) in [4.78, 5) is 12.3. The van der Waals surface area contributed by atoms with Crippen molar-refractivity contribution in [2.24, 2.45) is 5.92 Å². The molecule has 2 unspecified atom stereocenters. The van der Waals surface area contributed by atoms with E-state index in [1.165, 1.54) is 0 Å². The van der Waals surface area contributed by atoms with Crippen LogP contribution in [0.1, 0.15) is 23.9 Å². The van der Waals surface area contributed by atoms with E-state index in [0.717, 1.165) is 35.0 Å². The highest BCUT2D eigenvalue weighted by Crippen LogP contribution is 2.23. The fourth-order valence-corrected chi connectivity index (χ4v) is 2.97. The molecule has 1 aliphatic rings. The summed E-state index contributed by atoms with van der Waals surface area (Å²) in [5.41, 5.74) is 0.733. The first-order valence-electron chi connectivity index (χ1n) is 6.84. The predicted octanol–water partition coefficient (Wildman–Crippen LogP) is 2.92. The van der Waals surface area contributed by atoms with Crippen molar-refractivity contribution >= 4 is 32.8 Å². The molecule has 0 spiro atoms. The van der Waals surface area contributed by atoms with Crippen molar-refractivity contribution in [1.29, 1.82) is 0 Å². The number of piperidine rings is 1. The van der Waals surface area contributed by atoms with Crippen molar-refractivity contribution in [2.75, 3.05) is 13.1 Å². The van der Waals surface area contributed by atoms with Crippen molar-refractivity contribution in [3.63, 3.8) is 0 Å². The molecule has 0 bridgehead atoms. The van der Waals surface area contributed by atoms with Gasteiger partial charge in [0.1, 0.15) is 5.58 Å². The van der Waals surface area contributed by atoms with E-state index in [4.69, 9.17) is 4.42 Å². The van der Waals surface area contributed by atoms with Crippen molar-refractivity contribution in [3.8, 4) is 0 Å². The molecule has 2 N–H and O–H groups in total. The lowest BCUT2D eigenvalue weighted by molar-refractivity contribution is 0.0888. The molecule has 4 nitrogen and oxygen atoms in total. The van der Waals surface area contributed by atoms with Gasteiger partial charge in [0.15, 0.2) is 5.76 Å². The number of amides is 1. The van der Waals surface area contributed by atoms with Crippen LogP contribution in [0.3, 0.4) is 0 Å². The quantitative estimate of drug-likeness (QED) is 0.886. The smallest absolute Gasteiger partial charge is 0.287 e. The second-order valence-electron chi connectivity index (χ2n) is 5.34. The molecule has 1 aliphatic heterocycles. The summed E-state index contributed by atoms with van der Waals surface area (Å²) in [6, 6.07) is 7.72. The lowest BCUT2D eigenvalue weighted by Gasteiger charge is -2.29. The molecule has 5 heteroatoms. The van der Waals surface area contributed by atoms with Crippen LogP contribution in [0.4, 0.5) is 0 Å². The third kappa shape index (κ3) is 2.74. The molecule has 0 radical (unpaired) electrons. The van der Waals surface area contributed by atoms with E-state index in [1.807, 2.05) is 18.2 Å². The fraction of sp³-hybridized carbons (Fsp3) is 0.400. The SMILES string of the molecule is CC1CNCCC1NC(=O)c1cc2cc(Br)ccc2o1. The zero-order valence-electron chi connectivity index (χ0n) is 11.3. The van der Waals surface area contributed by atoms with Gasteiger partial charge in [0.05, 0.1) is 0 Å². The van der Waals surface area contributed by atoms with Crippen LogP contribution < -0.4 is 10.6 Å². The molecular formula is C15H17BrN2O2. The summed E-state index contributed by atoms with van der Waals surface area (Å²) in [5.74, 6) is 0.686. The van der Waals surface area contributed by atoms with Crippen LogP contribution in [-0.2, 0) is 0 Å². The number of furan rings is 1. The Morgan fingerprint density at radius 2 is 2.30 bits per heavy atom. The minimum atomic E-state index is -0.129. The number of fused-ring (bicyclic) bond motifs is 1. The number of benzene rings is 1. The largest absolute Gasteiger partial charge is 0.451 e. The van der Waals surface area contributed by atoms with Crippen molar-refractivity contribution in [2.45, 2.75) is 19.4 Å². The van der Waals surface area contributed by atoms with Gasteiger partial charge in [-0.05, 0) is 49.7 Å². The molecule has 0 saturated carbocycles. The van der Waals surface area contributed by atoms with Gasteiger partial charge in [-0.1, -0.05) is 22.9 Å². The average molecular weight is 337 g/mol. The van der Waals surface area contributed by atoms with Crippen LogP contribution >= 0.6 is 15.9 Å². The van der Waals surface area contributed by atoms with Gasteiger partial charge in [-0.25, -0.2) is 0 Å². The van der Waals surface area contributed by atoms with Gasteiger partial charge in [0.2, 0.25) is 0 Å². The maximum atomic E-state index is 12.3. The Morgan fingerprint density at radius 3 is 3.10 bits per heavy atom. The van der Waals surface area contributed by atoms with Crippen LogP contribution in [0.2, 0.25) is 0 Å². The first kappa shape index (κ1) is 13.6. The Balaban J connectivity index is 1.78. The number of carbonyl (C=O) groups excluding carboxylic acids is 1. The van der Waals surface area contributed by atoms with Crippen LogP contribution in [-0.4, -0.2) is 25.0 Å². The normalized spacial score (nSPS) is 22.9. The van der Waals surface area contributed by atoms with Crippen LogP contribution in [0.5, 0.6) is 0 Å². The maximum Gasteiger partial charge on any atom is 0.287 e. The van der Waals surface area contributed by atoms with Crippen LogP contribution in [0, 0.1) is 5.92 Å². The summed E-state index contributed by atoms with van der Waals surface area (Å²) in [7, 11) is 0. The Morgan fingerprint density at radius 1 is 1.45 bits per heavy atom. The van der Waals surface area contributed by atoms with Gasteiger partial charge in [-0.3, -0.25) is 4.79 Å². The highest BCUT2D eigenvalue weighted by atomic mass is 79.9. The summed E-state index contributed by atoms with van der Waals surface area (Å²) < 4.78 is 6.59. The first-order chi connectivity index (χ1) is 9.63. The molecule has 1 aromatic heterocycles. The number of halogens is 1. The fourth-order valence-electron chi connectivity index (χ4n) is 2.59. The zero-order valence-corrected chi connectivity index (χ0v) is 12.9. The number of carbonyl (C=O) groups is 1. The average Bonchev–Trinajstić information content (AvgIpc) is 2.84. The number of hydrogen-bond donors (Lipinski definition) is 2. The van der Waals surface area contributed by atoms with E-state index in [1.54, 1.807) is 6.07 Å². The van der Waals surface area contributed by atoms with Gasteiger partial charge in [0.25, 0.3) is 5.91 Å². The molecule has 20 heavy (non-hydrogen) atoms. The summed E-state index contributed by atoms with van der Waals surface area (Å²) >= 11 is 3.42. The standard InChI is InChI=1S/C15H17BrN2O2/c1-9-8-17-5-4-12(9)18-15(19)14-7-10-6-11(16)2-3-13(10)20-14/h2-3,6-7,9,12,17H,4-5,8H2,1H3,(H,18,19). The first-order valence-corrected chi connectivity index (χ1v) is 7.63. The lowest BCUT2D eigenvalue weighted by Crippen LogP contribution is -2.48. The molecule has 2 atom stereocenters. The highest BCUT2D eigenvalue weighted by Gasteiger charge is 2.24. The predicted molar refractivity (Wildman–Crippen MR) is 81.8 cm³/mol. The van der Waals surface area contributed by atoms with E-state index < -0.39 is 0 Å². The molecule has 3 rings (SSSR count). The van der Waals surface area contributed by atoms with E-state index in [-0.39, 0.29) is 11.9 Å². The van der Waals surface area contributed by atoms with Crippen molar-refractivity contribution in [1.82, 2.24) is 10.6 Å². The lowest BCUT2D eigenvalue weighted by atomic mass is 9.95. The van der Waals surface area contributed by atoms with Gasteiger partial charge < -0.3 is 15.1 Å². The summed E-state index contributed by atoms with van der Waals surface area (Å²) in [6.45, 7) is 4.03. The van der Waals surface area contributed by atoms with E-state index >= 15 is 0 Å².